The first-order chi connectivity index (χ1) is 13.1. The average Bonchev–Trinajstić information content (AvgIpc) is 2.71. The van der Waals surface area contributed by atoms with Gasteiger partial charge in [-0.25, -0.2) is 0 Å². The lowest BCUT2D eigenvalue weighted by molar-refractivity contribution is 0.0954. The van der Waals surface area contributed by atoms with Crippen LogP contribution in [0.4, 0.5) is 5.69 Å². The molecule has 0 aliphatic rings. The Kier molecular flexibility index (Phi) is 7.67. The van der Waals surface area contributed by atoms with E-state index >= 15 is 0 Å². The van der Waals surface area contributed by atoms with Crippen molar-refractivity contribution in [2.75, 3.05) is 25.5 Å². The smallest absolute Gasteiger partial charge is 0.251 e. The molecule has 0 heterocycles. The minimum absolute atomic E-state index is 0.166. The number of guanidine groups is 1. The van der Waals surface area contributed by atoms with Gasteiger partial charge < -0.3 is 21.1 Å². The molecule has 144 valence electrons. The highest BCUT2D eigenvalue weighted by Crippen LogP contribution is 2.22. The van der Waals surface area contributed by atoms with E-state index in [1.54, 1.807) is 31.4 Å². The van der Waals surface area contributed by atoms with Crippen molar-refractivity contribution in [2.45, 2.75) is 26.7 Å². The van der Waals surface area contributed by atoms with E-state index in [9.17, 15) is 4.79 Å². The van der Waals surface area contributed by atoms with Crippen molar-refractivity contribution in [3.63, 3.8) is 0 Å². The molecule has 2 aromatic rings. The molecule has 0 aliphatic carbocycles. The van der Waals surface area contributed by atoms with Crippen LogP contribution in [0.5, 0.6) is 5.75 Å². The number of methoxy groups -OCH3 is 1. The van der Waals surface area contributed by atoms with Crippen molar-refractivity contribution in [3.05, 3.63) is 59.2 Å². The van der Waals surface area contributed by atoms with E-state index in [4.69, 9.17) is 10.5 Å². The fourth-order valence-electron chi connectivity index (χ4n) is 2.78. The Morgan fingerprint density at radius 2 is 1.78 bits per heavy atom. The molecular formula is C21H28N4O2. The molecule has 0 bridgehead atoms. The van der Waals surface area contributed by atoms with Gasteiger partial charge in [0.25, 0.3) is 5.91 Å². The number of carbonyl (C=O) groups excluding carboxylic acids is 1. The van der Waals surface area contributed by atoms with Gasteiger partial charge in [0, 0.05) is 17.8 Å². The minimum atomic E-state index is -0.166. The Morgan fingerprint density at radius 1 is 1.11 bits per heavy atom. The van der Waals surface area contributed by atoms with Crippen LogP contribution in [0.2, 0.25) is 0 Å². The standard InChI is InChI=1S/C21H28N4O2/c1-4-15-8-6-9-16(5-2)19(15)25-21(22)24-13-12-23-20(26)17-10-7-11-18(14-17)27-3/h6-11,14H,4-5,12-13H2,1-3H3,(H,23,26)(H3,22,24,25). The Labute approximate surface area is 160 Å². The molecule has 0 aromatic heterocycles. The number of rotatable bonds is 8. The van der Waals surface area contributed by atoms with Crippen LogP contribution < -0.4 is 21.1 Å². The van der Waals surface area contributed by atoms with Crippen LogP contribution in [0.3, 0.4) is 0 Å². The molecule has 6 nitrogen and oxygen atoms in total. The molecule has 0 unspecified atom stereocenters. The van der Waals surface area contributed by atoms with E-state index in [1.165, 1.54) is 11.1 Å². The molecule has 2 rings (SSSR count). The molecule has 27 heavy (non-hydrogen) atoms. The van der Waals surface area contributed by atoms with Crippen LogP contribution in [0.1, 0.15) is 35.3 Å². The number of benzene rings is 2. The number of para-hydroxylation sites is 1. The maximum Gasteiger partial charge on any atom is 0.251 e. The fraction of sp³-hybridized carbons (Fsp3) is 0.333. The van der Waals surface area contributed by atoms with Crippen molar-refractivity contribution in [3.8, 4) is 5.75 Å². The van der Waals surface area contributed by atoms with Crippen LogP contribution in [-0.2, 0) is 12.8 Å². The molecule has 0 atom stereocenters. The molecule has 0 aliphatic heterocycles. The van der Waals surface area contributed by atoms with E-state index in [2.05, 4.69) is 47.7 Å². The van der Waals surface area contributed by atoms with E-state index in [0.29, 0.717) is 30.4 Å². The molecule has 2 aromatic carbocycles. The number of hydrogen-bond donors (Lipinski definition) is 3. The van der Waals surface area contributed by atoms with Crippen LogP contribution in [0.25, 0.3) is 0 Å². The Bertz CT molecular complexity index is 780. The third-order valence-corrected chi connectivity index (χ3v) is 4.26. The lowest BCUT2D eigenvalue weighted by Crippen LogP contribution is -2.29. The summed E-state index contributed by atoms with van der Waals surface area (Å²) in [5.74, 6) is 0.830. The summed E-state index contributed by atoms with van der Waals surface area (Å²) in [7, 11) is 1.57. The third kappa shape index (κ3) is 5.74. The highest BCUT2D eigenvalue weighted by atomic mass is 16.5. The summed E-state index contributed by atoms with van der Waals surface area (Å²) in [4.78, 5) is 16.5. The Hall–Kier alpha value is -3.02. The van der Waals surface area contributed by atoms with Crippen LogP contribution >= 0.6 is 0 Å². The highest BCUT2D eigenvalue weighted by Gasteiger charge is 2.08. The van der Waals surface area contributed by atoms with Crippen LogP contribution in [0, 0.1) is 0 Å². The van der Waals surface area contributed by atoms with Crippen molar-refractivity contribution in [2.24, 2.45) is 10.7 Å². The number of nitrogens with zero attached hydrogens (tertiary/aromatic N) is 1. The lowest BCUT2D eigenvalue weighted by atomic mass is 10.0. The van der Waals surface area contributed by atoms with Gasteiger partial charge >= 0.3 is 0 Å². The number of aryl methyl sites for hydroxylation is 2. The number of anilines is 1. The maximum atomic E-state index is 12.2. The third-order valence-electron chi connectivity index (χ3n) is 4.26. The second kappa shape index (κ2) is 10.2. The molecule has 0 fully saturated rings. The van der Waals surface area contributed by atoms with Gasteiger partial charge in [0.1, 0.15) is 5.75 Å². The van der Waals surface area contributed by atoms with Gasteiger partial charge in [-0.3, -0.25) is 9.79 Å². The zero-order valence-corrected chi connectivity index (χ0v) is 16.2. The number of nitrogens with one attached hydrogen (secondary N) is 2. The first-order valence-electron chi connectivity index (χ1n) is 9.19. The number of aliphatic imine (C=N–C) groups is 1. The summed E-state index contributed by atoms with van der Waals surface area (Å²) in [6, 6.07) is 13.3. The average molecular weight is 368 g/mol. The van der Waals surface area contributed by atoms with Crippen molar-refractivity contribution < 1.29 is 9.53 Å². The monoisotopic (exact) mass is 368 g/mol. The SMILES string of the molecule is CCc1cccc(CC)c1NC(N)=NCCNC(=O)c1cccc(OC)c1. The molecule has 0 saturated carbocycles. The molecule has 1 amide bonds. The van der Waals surface area contributed by atoms with E-state index < -0.39 is 0 Å². The minimum Gasteiger partial charge on any atom is -0.497 e. The van der Waals surface area contributed by atoms with E-state index in [0.717, 1.165) is 18.5 Å². The first kappa shape index (κ1) is 20.3. The Morgan fingerprint density at radius 3 is 2.41 bits per heavy atom. The normalized spacial score (nSPS) is 11.1. The second-order valence-corrected chi connectivity index (χ2v) is 6.04. The van der Waals surface area contributed by atoms with E-state index in [-0.39, 0.29) is 5.91 Å². The van der Waals surface area contributed by atoms with Gasteiger partial charge in [-0.15, -0.1) is 0 Å². The van der Waals surface area contributed by atoms with Gasteiger partial charge in [-0.1, -0.05) is 38.1 Å². The predicted molar refractivity (Wildman–Crippen MR) is 111 cm³/mol. The number of amides is 1. The summed E-state index contributed by atoms with van der Waals surface area (Å²) in [5, 5.41) is 6.04. The molecule has 4 N–H and O–H groups in total. The summed E-state index contributed by atoms with van der Waals surface area (Å²) in [5.41, 5.74) is 10.0. The van der Waals surface area contributed by atoms with Crippen LogP contribution in [-0.4, -0.2) is 32.1 Å². The van der Waals surface area contributed by atoms with Gasteiger partial charge in [-0.05, 0) is 42.2 Å². The molecule has 6 heteroatoms. The summed E-state index contributed by atoms with van der Waals surface area (Å²) in [6.45, 7) is 5.02. The largest absolute Gasteiger partial charge is 0.497 e. The number of nitrogens with two attached hydrogens (primary N) is 1. The topological polar surface area (TPSA) is 88.7 Å². The lowest BCUT2D eigenvalue weighted by Gasteiger charge is -2.14. The Balaban J connectivity index is 1.90. The molecule has 0 radical (unpaired) electrons. The zero-order chi connectivity index (χ0) is 19.6. The van der Waals surface area contributed by atoms with Gasteiger partial charge in [0.15, 0.2) is 5.96 Å². The second-order valence-electron chi connectivity index (χ2n) is 6.04. The molecular weight excluding hydrogens is 340 g/mol. The van der Waals surface area contributed by atoms with Crippen molar-refractivity contribution >= 4 is 17.6 Å². The number of ether oxygens (including phenoxy) is 1. The number of hydrogen-bond acceptors (Lipinski definition) is 3. The van der Waals surface area contributed by atoms with E-state index in [1.807, 2.05) is 0 Å². The van der Waals surface area contributed by atoms with Gasteiger partial charge in [0.05, 0.1) is 13.7 Å². The van der Waals surface area contributed by atoms with Gasteiger partial charge in [0.2, 0.25) is 0 Å². The quantitative estimate of drug-likeness (QED) is 0.380. The van der Waals surface area contributed by atoms with Crippen molar-refractivity contribution in [1.29, 1.82) is 0 Å². The fourth-order valence-corrected chi connectivity index (χ4v) is 2.78. The highest BCUT2D eigenvalue weighted by molar-refractivity contribution is 5.95. The molecule has 0 spiro atoms. The first-order valence-corrected chi connectivity index (χ1v) is 9.19. The summed E-state index contributed by atoms with van der Waals surface area (Å²) in [6.07, 6.45) is 1.83. The number of carbonyl (C=O) groups is 1. The van der Waals surface area contributed by atoms with Crippen LogP contribution in [0.15, 0.2) is 47.5 Å². The van der Waals surface area contributed by atoms with Crippen molar-refractivity contribution in [1.82, 2.24) is 5.32 Å². The molecule has 0 saturated heterocycles. The van der Waals surface area contributed by atoms with Gasteiger partial charge in [-0.2, -0.15) is 0 Å². The summed E-state index contributed by atoms with van der Waals surface area (Å²) >= 11 is 0. The summed E-state index contributed by atoms with van der Waals surface area (Å²) < 4.78 is 5.13. The maximum absolute atomic E-state index is 12.2. The zero-order valence-electron chi connectivity index (χ0n) is 16.2. The predicted octanol–water partition coefficient (Wildman–Crippen LogP) is 2.98.